The SMILES string of the molecule is CCCC(C)CC(NC)c1cnn(-c2ccccc2)n1. The summed E-state index contributed by atoms with van der Waals surface area (Å²) in [6.07, 6.45) is 5.45. The van der Waals surface area contributed by atoms with E-state index in [9.17, 15) is 0 Å². The number of hydrogen-bond donors (Lipinski definition) is 1. The van der Waals surface area contributed by atoms with Crippen molar-refractivity contribution < 1.29 is 0 Å². The van der Waals surface area contributed by atoms with Gasteiger partial charge in [-0.1, -0.05) is 44.9 Å². The molecule has 0 aliphatic carbocycles. The molecule has 0 aliphatic rings. The minimum atomic E-state index is 0.272. The average Bonchev–Trinajstić information content (AvgIpc) is 2.95. The molecule has 20 heavy (non-hydrogen) atoms. The highest BCUT2D eigenvalue weighted by molar-refractivity contribution is 5.28. The molecule has 108 valence electrons. The molecule has 2 atom stereocenters. The molecule has 4 heteroatoms. The minimum absolute atomic E-state index is 0.272. The Labute approximate surface area is 121 Å². The van der Waals surface area contributed by atoms with Crippen LogP contribution >= 0.6 is 0 Å². The molecule has 4 nitrogen and oxygen atoms in total. The normalized spacial score (nSPS) is 14.2. The first kappa shape index (κ1) is 14.7. The Morgan fingerprint density at radius 1 is 1.25 bits per heavy atom. The van der Waals surface area contributed by atoms with Gasteiger partial charge in [0.25, 0.3) is 0 Å². The van der Waals surface area contributed by atoms with Crippen molar-refractivity contribution in [3.8, 4) is 5.69 Å². The van der Waals surface area contributed by atoms with Crippen LogP contribution in [0.1, 0.15) is 44.8 Å². The molecule has 2 rings (SSSR count). The monoisotopic (exact) mass is 272 g/mol. The molecule has 0 fully saturated rings. The van der Waals surface area contributed by atoms with Crippen molar-refractivity contribution in [3.63, 3.8) is 0 Å². The number of aromatic nitrogens is 3. The lowest BCUT2D eigenvalue weighted by Gasteiger charge is -2.18. The Morgan fingerprint density at radius 3 is 2.65 bits per heavy atom. The maximum absolute atomic E-state index is 4.61. The zero-order valence-corrected chi connectivity index (χ0v) is 12.6. The van der Waals surface area contributed by atoms with Crippen molar-refractivity contribution in [2.75, 3.05) is 7.05 Å². The van der Waals surface area contributed by atoms with E-state index in [0.29, 0.717) is 5.92 Å². The second kappa shape index (κ2) is 7.20. The molecule has 0 amide bonds. The summed E-state index contributed by atoms with van der Waals surface area (Å²) < 4.78 is 0. The lowest BCUT2D eigenvalue weighted by atomic mass is 9.96. The molecule has 1 N–H and O–H groups in total. The number of benzene rings is 1. The van der Waals surface area contributed by atoms with Gasteiger partial charge in [0.1, 0.15) is 5.69 Å². The van der Waals surface area contributed by atoms with E-state index >= 15 is 0 Å². The van der Waals surface area contributed by atoms with E-state index < -0.39 is 0 Å². The number of nitrogens with zero attached hydrogens (tertiary/aromatic N) is 3. The first-order chi connectivity index (χ1) is 9.74. The van der Waals surface area contributed by atoms with Gasteiger partial charge in [0.2, 0.25) is 0 Å². The Bertz CT molecular complexity index is 506. The van der Waals surface area contributed by atoms with Crippen LogP contribution in [0.15, 0.2) is 36.5 Å². The van der Waals surface area contributed by atoms with Crippen molar-refractivity contribution in [1.82, 2.24) is 20.3 Å². The van der Waals surface area contributed by atoms with E-state index in [-0.39, 0.29) is 6.04 Å². The fraction of sp³-hybridized carbons (Fsp3) is 0.500. The van der Waals surface area contributed by atoms with E-state index in [1.165, 1.54) is 12.8 Å². The Kier molecular flexibility index (Phi) is 5.30. The van der Waals surface area contributed by atoms with Crippen LogP contribution in [0.4, 0.5) is 0 Å². The first-order valence-electron chi connectivity index (χ1n) is 7.39. The van der Waals surface area contributed by atoms with E-state index in [1.807, 2.05) is 43.6 Å². The molecule has 2 unspecified atom stereocenters. The minimum Gasteiger partial charge on any atom is -0.312 e. The molecule has 1 aromatic heterocycles. The Hall–Kier alpha value is -1.68. The van der Waals surface area contributed by atoms with Crippen molar-refractivity contribution in [2.45, 2.75) is 39.2 Å². The molecule has 1 heterocycles. The molecule has 1 aromatic carbocycles. The summed E-state index contributed by atoms with van der Waals surface area (Å²) in [4.78, 5) is 1.70. The maximum atomic E-state index is 4.61. The van der Waals surface area contributed by atoms with Gasteiger partial charge in [-0.05, 0) is 31.5 Å². The fourth-order valence-corrected chi connectivity index (χ4v) is 2.52. The predicted octanol–water partition coefficient (Wildman–Crippen LogP) is 3.35. The number of rotatable bonds is 7. The Balaban J connectivity index is 2.10. The van der Waals surface area contributed by atoms with Crippen molar-refractivity contribution in [3.05, 3.63) is 42.2 Å². The zero-order valence-electron chi connectivity index (χ0n) is 12.6. The van der Waals surface area contributed by atoms with E-state index in [0.717, 1.165) is 17.8 Å². The molecular weight excluding hydrogens is 248 g/mol. The summed E-state index contributed by atoms with van der Waals surface area (Å²) in [7, 11) is 1.99. The quantitative estimate of drug-likeness (QED) is 0.840. The van der Waals surface area contributed by atoms with Crippen LogP contribution in [-0.2, 0) is 0 Å². The third-order valence-electron chi connectivity index (χ3n) is 3.62. The summed E-state index contributed by atoms with van der Waals surface area (Å²) in [5.41, 5.74) is 2.01. The van der Waals surface area contributed by atoms with Crippen LogP contribution in [0.25, 0.3) is 5.69 Å². The molecule has 0 radical (unpaired) electrons. The van der Waals surface area contributed by atoms with Crippen LogP contribution in [0.3, 0.4) is 0 Å². The summed E-state index contributed by atoms with van der Waals surface area (Å²) in [6, 6.07) is 10.3. The second-order valence-electron chi connectivity index (χ2n) is 5.37. The molecule has 2 aromatic rings. The van der Waals surface area contributed by atoms with Gasteiger partial charge in [-0.2, -0.15) is 15.0 Å². The lowest BCUT2D eigenvalue weighted by molar-refractivity contribution is 0.400. The van der Waals surface area contributed by atoms with Gasteiger partial charge in [0.15, 0.2) is 0 Å². The van der Waals surface area contributed by atoms with Crippen LogP contribution in [-0.4, -0.2) is 22.0 Å². The number of nitrogens with one attached hydrogen (secondary N) is 1. The molecule has 0 bridgehead atoms. The summed E-state index contributed by atoms with van der Waals surface area (Å²) in [6.45, 7) is 4.53. The van der Waals surface area contributed by atoms with E-state index in [4.69, 9.17) is 0 Å². The van der Waals surface area contributed by atoms with E-state index in [2.05, 4.69) is 29.4 Å². The van der Waals surface area contributed by atoms with Gasteiger partial charge in [0, 0.05) is 0 Å². The summed E-state index contributed by atoms with van der Waals surface area (Å²) >= 11 is 0. The van der Waals surface area contributed by atoms with Gasteiger partial charge < -0.3 is 5.32 Å². The average molecular weight is 272 g/mol. The van der Waals surface area contributed by atoms with Crippen LogP contribution in [0, 0.1) is 5.92 Å². The highest BCUT2D eigenvalue weighted by atomic mass is 15.5. The number of hydrogen-bond acceptors (Lipinski definition) is 3. The number of para-hydroxylation sites is 1. The van der Waals surface area contributed by atoms with Crippen molar-refractivity contribution in [1.29, 1.82) is 0 Å². The topological polar surface area (TPSA) is 42.7 Å². The first-order valence-corrected chi connectivity index (χ1v) is 7.39. The van der Waals surface area contributed by atoms with Gasteiger partial charge in [-0.3, -0.25) is 0 Å². The van der Waals surface area contributed by atoms with Gasteiger partial charge in [-0.25, -0.2) is 0 Å². The van der Waals surface area contributed by atoms with Gasteiger partial charge >= 0.3 is 0 Å². The molecular formula is C16H24N4. The highest BCUT2D eigenvalue weighted by Crippen LogP contribution is 2.22. The summed E-state index contributed by atoms with van der Waals surface area (Å²) in [5.74, 6) is 0.694. The van der Waals surface area contributed by atoms with Crippen molar-refractivity contribution >= 4 is 0 Å². The third-order valence-corrected chi connectivity index (χ3v) is 3.62. The largest absolute Gasteiger partial charge is 0.312 e. The van der Waals surface area contributed by atoms with Crippen molar-refractivity contribution in [2.24, 2.45) is 5.92 Å². The lowest BCUT2D eigenvalue weighted by Crippen LogP contribution is -2.19. The van der Waals surface area contributed by atoms with Gasteiger partial charge in [-0.15, -0.1) is 0 Å². The maximum Gasteiger partial charge on any atom is 0.100 e. The highest BCUT2D eigenvalue weighted by Gasteiger charge is 2.16. The third kappa shape index (κ3) is 3.67. The van der Waals surface area contributed by atoms with Crippen LogP contribution in [0.5, 0.6) is 0 Å². The van der Waals surface area contributed by atoms with Crippen LogP contribution in [0.2, 0.25) is 0 Å². The predicted molar refractivity (Wildman–Crippen MR) is 81.8 cm³/mol. The molecule has 0 saturated heterocycles. The van der Waals surface area contributed by atoms with Gasteiger partial charge in [0.05, 0.1) is 17.9 Å². The Morgan fingerprint density at radius 2 is 2.00 bits per heavy atom. The molecule has 0 saturated carbocycles. The van der Waals surface area contributed by atoms with E-state index in [1.54, 1.807) is 4.80 Å². The molecule has 0 spiro atoms. The fourth-order valence-electron chi connectivity index (χ4n) is 2.52. The van der Waals surface area contributed by atoms with Crippen LogP contribution < -0.4 is 5.32 Å². The second-order valence-corrected chi connectivity index (χ2v) is 5.37. The zero-order chi connectivity index (χ0) is 14.4. The smallest absolute Gasteiger partial charge is 0.100 e. The molecule has 0 aliphatic heterocycles. The standard InChI is InChI=1S/C16H24N4/c1-4-8-13(2)11-15(17-3)16-12-18-20(19-16)14-9-6-5-7-10-14/h5-7,9-10,12-13,15,17H,4,8,11H2,1-3H3. The summed E-state index contributed by atoms with van der Waals surface area (Å²) in [5, 5.41) is 12.3.